The number of benzene rings is 2. The van der Waals surface area contributed by atoms with Crippen molar-refractivity contribution in [3.63, 3.8) is 0 Å². The summed E-state index contributed by atoms with van der Waals surface area (Å²) in [4.78, 5) is 0. The minimum absolute atomic E-state index is 0.578. The van der Waals surface area contributed by atoms with E-state index in [1.807, 2.05) is 24.3 Å². The van der Waals surface area contributed by atoms with Gasteiger partial charge in [0.2, 0.25) is 0 Å². The van der Waals surface area contributed by atoms with E-state index < -0.39 is 0 Å². The number of hydrogen-bond donors (Lipinski definition) is 1. The lowest BCUT2D eigenvalue weighted by Crippen LogP contribution is -2.16. The Kier molecular flexibility index (Phi) is 9.63. The predicted molar refractivity (Wildman–Crippen MR) is 107 cm³/mol. The first-order valence-corrected chi connectivity index (χ1v) is 9.82. The van der Waals surface area contributed by atoms with Crippen LogP contribution in [0.15, 0.2) is 53.0 Å². The lowest BCUT2D eigenvalue weighted by atomic mass is 10.2. The quantitative estimate of drug-likeness (QED) is 0.484. The van der Waals surface area contributed by atoms with Gasteiger partial charge in [-0.25, -0.2) is 0 Å². The summed E-state index contributed by atoms with van der Waals surface area (Å²) >= 11 is 3.61. The van der Waals surface area contributed by atoms with Gasteiger partial charge in [-0.15, -0.1) is 0 Å². The molecule has 25 heavy (non-hydrogen) atoms. The zero-order chi connectivity index (χ0) is 17.7. The maximum Gasteiger partial charge on any atom is 0.134 e. The maximum absolute atomic E-state index is 5.88. The fourth-order valence-corrected chi connectivity index (χ4v) is 2.93. The molecule has 0 fully saturated rings. The highest BCUT2D eigenvalue weighted by atomic mass is 79.9. The van der Waals surface area contributed by atoms with Gasteiger partial charge >= 0.3 is 0 Å². The van der Waals surface area contributed by atoms with Gasteiger partial charge in [0.25, 0.3) is 0 Å². The maximum atomic E-state index is 5.88. The van der Waals surface area contributed by atoms with Gasteiger partial charge in [-0.05, 0) is 58.6 Å². The normalized spacial score (nSPS) is 10.8. The first-order valence-electron chi connectivity index (χ1n) is 9.03. The molecule has 4 heteroatoms. The second-order valence-electron chi connectivity index (χ2n) is 6.04. The molecular formula is C21H28BrNO2. The van der Waals surface area contributed by atoms with Crippen LogP contribution in [0.25, 0.3) is 0 Å². The van der Waals surface area contributed by atoms with Crippen molar-refractivity contribution in [1.82, 2.24) is 5.32 Å². The number of rotatable bonds is 12. The highest BCUT2D eigenvalue weighted by molar-refractivity contribution is 9.10. The summed E-state index contributed by atoms with van der Waals surface area (Å²) in [6, 6.07) is 16.4. The molecule has 2 rings (SSSR count). The third kappa shape index (κ3) is 8.04. The van der Waals surface area contributed by atoms with Crippen molar-refractivity contribution in [2.45, 2.75) is 39.3 Å². The largest absolute Gasteiger partial charge is 0.488 e. The third-order valence-corrected chi connectivity index (χ3v) is 4.47. The first kappa shape index (κ1) is 20.0. The van der Waals surface area contributed by atoms with Crippen molar-refractivity contribution < 1.29 is 9.47 Å². The van der Waals surface area contributed by atoms with E-state index in [9.17, 15) is 0 Å². The molecule has 0 saturated heterocycles. The molecule has 0 aliphatic carbocycles. The smallest absolute Gasteiger partial charge is 0.134 e. The zero-order valence-electron chi connectivity index (χ0n) is 15.0. The van der Waals surface area contributed by atoms with E-state index in [1.165, 1.54) is 17.5 Å². The summed E-state index contributed by atoms with van der Waals surface area (Å²) in [5.74, 6) is 0.872. The molecule has 0 radical (unpaired) electrons. The Morgan fingerprint density at radius 2 is 1.76 bits per heavy atom. The van der Waals surface area contributed by atoms with Crippen LogP contribution >= 0.6 is 15.9 Å². The minimum atomic E-state index is 0.578. The van der Waals surface area contributed by atoms with E-state index in [2.05, 4.69) is 52.4 Å². The number of hydrogen-bond acceptors (Lipinski definition) is 3. The molecule has 2 aromatic rings. The molecule has 0 unspecified atom stereocenters. The molecule has 3 nitrogen and oxygen atoms in total. The van der Waals surface area contributed by atoms with Crippen molar-refractivity contribution in [2.75, 3.05) is 19.8 Å². The number of ether oxygens (including phenoxy) is 2. The molecule has 0 saturated carbocycles. The first-order chi connectivity index (χ1) is 12.3. The van der Waals surface area contributed by atoms with E-state index in [4.69, 9.17) is 9.47 Å². The van der Waals surface area contributed by atoms with E-state index in [-0.39, 0.29) is 0 Å². The highest BCUT2D eigenvalue weighted by Gasteiger charge is 2.03. The molecular weight excluding hydrogens is 378 g/mol. The van der Waals surface area contributed by atoms with E-state index in [0.717, 1.165) is 49.4 Å². The van der Waals surface area contributed by atoms with Gasteiger partial charge in [-0.1, -0.05) is 49.7 Å². The topological polar surface area (TPSA) is 30.5 Å². The third-order valence-electron chi connectivity index (χ3n) is 3.85. The molecule has 0 aromatic heterocycles. The van der Waals surface area contributed by atoms with Crippen molar-refractivity contribution in [3.05, 3.63) is 64.1 Å². The van der Waals surface area contributed by atoms with Crippen molar-refractivity contribution in [2.24, 2.45) is 0 Å². The van der Waals surface area contributed by atoms with Crippen LogP contribution in [-0.2, 0) is 17.9 Å². The van der Waals surface area contributed by atoms with Gasteiger partial charge in [0.15, 0.2) is 0 Å². The van der Waals surface area contributed by atoms with Crippen molar-refractivity contribution >= 4 is 15.9 Å². The monoisotopic (exact) mass is 405 g/mol. The van der Waals surface area contributed by atoms with Gasteiger partial charge in [-0.3, -0.25) is 0 Å². The van der Waals surface area contributed by atoms with E-state index in [1.54, 1.807) is 0 Å². The van der Waals surface area contributed by atoms with Gasteiger partial charge in [0, 0.05) is 19.8 Å². The lowest BCUT2D eigenvalue weighted by Gasteiger charge is -2.11. The van der Waals surface area contributed by atoms with Crippen LogP contribution in [-0.4, -0.2) is 19.8 Å². The summed E-state index contributed by atoms with van der Waals surface area (Å²) in [6.07, 6.45) is 3.39. The van der Waals surface area contributed by atoms with Crippen LogP contribution in [0.5, 0.6) is 5.75 Å². The molecule has 0 aliphatic rings. The Balaban J connectivity index is 1.67. The molecule has 136 valence electrons. The van der Waals surface area contributed by atoms with Crippen LogP contribution in [0, 0.1) is 0 Å². The Labute approximate surface area is 159 Å². The Bertz CT molecular complexity index is 604. The number of nitrogens with one attached hydrogen (secondary N) is 1. The molecule has 2 aromatic carbocycles. The van der Waals surface area contributed by atoms with Crippen LogP contribution in [0.2, 0.25) is 0 Å². The standard InChI is InChI=1S/C21H28BrNO2/c1-2-3-13-24-14-7-12-23-16-19-10-11-21(20(22)15-19)25-17-18-8-5-4-6-9-18/h4-6,8-11,15,23H,2-3,7,12-14,16-17H2,1H3. The molecule has 0 bridgehead atoms. The zero-order valence-corrected chi connectivity index (χ0v) is 16.6. The minimum Gasteiger partial charge on any atom is -0.488 e. The molecule has 0 spiro atoms. The average molecular weight is 406 g/mol. The number of halogens is 1. The second kappa shape index (κ2) is 12.1. The van der Waals surface area contributed by atoms with Crippen LogP contribution < -0.4 is 10.1 Å². The van der Waals surface area contributed by atoms with E-state index in [0.29, 0.717) is 6.61 Å². The molecule has 1 N–H and O–H groups in total. The Morgan fingerprint density at radius 1 is 0.960 bits per heavy atom. The second-order valence-corrected chi connectivity index (χ2v) is 6.89. The summed E-state index contributed by atoms with van der Waals surface area (Å²) in [7, 11) is 0. The summed E-state index contributed by atoms with van der Waals surface area (Å²) in [5, 5.41) is 3.46. The van der Waals surface area contributed by atoms with Crippen molar-refractivity contribution in [3.8, 4) is 5.75 Å². The summed E-state index contributed by atoms with van der Waals surface area (Å²) < 4.78 is 12.4. The molecule has 0 heterocycles. The van der Waals surface area contributed by atoms with E-state index >= 15 is 0 Å². The highest BCUT2D eigenvalue weighted by Crippen LogP contribution is 2.26. The van der Waals surface area contributed by atoms with Crippen molar-refractivity contribution in [1.29, 1.82) is 0 Å². The average Bonchev–Trinajstić information content (AvgIpc) is 2.64. The Morgan fingerprint density at radius 3 is 2.52 bits per heavy atom. The SMILES string of the molecule is CCCCOCCCNCc1ccc(OCc2ccccc2)c(Br)c1. The molecule has 0 aliphatic heterocycles. The van der Waals surface area contributed by atoms with Crippen LogP contribution in [0.3, 0.4) is 0 Å². The predicted octanol–water partition coefficient (Wildman–Crippen LogP) is 5.32. The fourth-order valence-electron chi connectivity index (χ4n) is 2.39. The fraction of sp³-hybridized carbons (Fsp3) is 0.429. The van der Waals surface area contributed by atoms with Gasteiger partial charge in [0.05, 0.1) is 4.47 Å². The molecule has 0 atom stereocenters. The summed E-state index contributed by atoms with van der Waals surface area (Å²) in [5.41, 5.74) is 2.41. The van der Waals surface area contributed by atoms with Crippen LogP contribution in [0.1, 0.15) is 37.3 Å². The summed E-state index contributed by atoms with van der Waals surface area (Å²) in [6.45, 7) is 6.30. The van der Waals surface area contributed by atoms with Gasteiger partial charge < -0.3 is 14.8 Å². The lowest BCUT2D eigenvalue weighted by molar-refractivity contribution is 0.129. The molecule has 0 amide bonds. The van der Waals surface area contributed by atoms with Gasteiger partial charge in [-0.2, -0.15) is 0 Å². The Hall–Kier alpha value is -1.36. The van der Waals surface area contributed by atoms with Gasteiger partial charge in [0.1, 0.15) is 12.4 Å². The van der Waals surface area contributed by atoms with Crippen LogP contribution in [0.4, 0.5) is 0 Å². The number of unbranched alkanes of at least 4 members (excludes halogenated alkanes) is 1.